The number of amides is 1. The average molecular weight is 357 g/mol. The molecule has 4 fully saturated rings. The Kier molecular flexibility index (Phi) is 5.57. The molecule has 26 heavy (non-hydrogen) atoms. The minimum atomic E-state index is 0.0576. The highest BCUT2D eigenvalue weighted by atomic mass is 16.1. The van der Waals surface area contributed by atoms with Crippen LogP contribution in [0.3, 0.4) is 0 Å². The standard InChI is InChI=1S/C21H32N4O/c1-23-9-11-24(12-10-23)15-19-16-25-8-7-18(19)13-20(25)14-22-21(26)17-5-3-2-4-6-17/h2-6,18-20H,7-16H2,1H3,(H,22,26). The molecule has 5 rings (SSSR count). The highest BCUT2D eigenvalue weighted by molar-refractivity contribution is 5.94. The smallest absolute Gasteiger partial charge is 0.251 e. The molecule has 4 atom stereocenters. The maximum Gasteiger partial charge on any atom is 0.251 e. The number of hydrogen-bond acceptors (Lipinski definition) is 4. The Bertz CT molecular complexity index is 599. The van der Waals surface area contributed by atoms with Gasteiger partial charge in [-0.3, -0.25) is 9.69 Å². The van der Waals surface area contributed by atoms with Gasteiger partial charge in [-0.25, -0.2) is 0 Å². The first-order chi connectivity index (χ1) is 12.7. The third-order valence-corrected chi connectivity index (χ3v) is 6.64. The minimum absolute atomic E-state index is 0.0576. The highest BCUT2D eigenvalue weighted by Gasteiger charge is 2.40. The molecule has 0 aliphatic carbocycles. The van der Waals surface area contributed by atoms with Gasteiger partial charge < -0.3 is 15.1 Å². The zero-order chi connectivity index (χ0) is 17.9. The van der Waals surface area contributed by atoms with Crippen LogP contribution in [0.5, 0.6) is 0 Å². The van der Waals surface area contributed by atoms with Crippen LogP contribution in [0.1, 0.15) is 23.2 Å². The van der Waals surface area contributed by atoms with Crippen LogP contribution in [0, 0.1) is 11.8 Å². The molecule has 4 aliphatic heterocycles. The molecule has 0 radical (unpaired) electrons. The molecular formula is C21H32N4O. The van der Waals surface area contributed by atoms with Crippen molar-refractivity contribution in [2.45, 2.75) is 18.9 Å². The molecule has 0 aromatic heterocycles. The third kappa shape index (κ3) is 4.11. The fourth-order valence-corrected chi connectivity index (χ4v) is 4.93. The summed E-state index contributed by atoms with van der Waals surface area (Å²) in [4.78, 5) is 20.0. The van der Waals surface area contributed by atoms with E-state index in [1.165, 1.54) is 58.7 Å². The highest BCUT2D eigenvalue weighted by Crippen LogP contribution is 2.36. The predicted octanol–water partition coefficient (Wildman–Crippen LogP) is 1.37. The van der Waals surface area contributed by atoms with Gasteiger partial charge in [0.25, 0.3) is 5.91 Å². The molecule has 0 saturated carbocycles. The van der Waals surface area contributed by atoms with Crippen LogP contribution in [-0.2, 0) is 0 Å². The molecular weight excluding hydrogens is 324 g/mol. The van der Waals surface area contributed by atoms with Gasteiger partial charge in [0.1, 0.15) is 0 Å². The van der Waals surface area contributed by atoms with Crippen molar-refractivity contribution in [2.75, 3.05) is 59.4 Å². The normalized spacial score (nSPS) is 32.5. The van der Waals surface area contributed by atoms with Gasteiger partial charge in [-0.15, -0.1) is 0 Å². The Labute approximate surface area is 157 Å². The van der Waals surface area contributed by atoms with E-state index in [1.807, 2.05) is 30.3 Å². The number of hydrogen-bond donors (Lipinski definition) is 1. The summed E-state index contributed by atoms with van der Waals surface area (Å²) in [6.45, 7) is 9.30. The fraction of sp³-hybridized carbons (Fsp3) is 0.667. The van der Waals surface area contributed by atoms with Crippen molar-refractivity contribution in [3.63, 3.8) is 0 Å². The monoisotopic (exact) mass is 356 g/mol. The van der Waals surface area contributed by atoms with Gasteiger partial charge in [-0.05, 0) is 50.4 Å². The van der Waals surface area contributed by atoms with Gasteiger partial charge in [0.05, 0.1) is 0 Å². The molecule has 4 aliphatic rings. The number of fused-ring (bicyclic) bond motifs is 3. The first kappa shape index (κ1) is 18.0. The molecule has 0 spiro atoms. The molecule has 5 nitrogen and oxygen atoms in total. The van der Waals surface area contributed by atoms with E-state index in [9.17, 15) is 4.79 Å². The van der Waals surface area contributed by atoms with Crippen molar-refractivity contribution < 1.29 is 4.79 Å². The molecule has 1 aromatic carbocycles. The van der Waals surface area contributed by atoms with Crippen LogP contribution >= 0.6 is 0 Å². The van der Waals surface area contributed by atoms with Gasteiger partial charge in [0.15, 0.2) is 0 Å². The largest absolute Gasteiger partial charge is 0.350 e. The van der Waals surface area contributed by atoms with Gasteiger partial charge in [-0.1, -0.05) is 18.2 Å². The fourth-order valence-electron chi connectivity index (χ4n) is 4.93. The molecule has 1 N–H and O–H groups in total. The number of piperazine rings is 1. The zero-order valence-corrected chi connectivity index (χ0v) is 15.9. The second-order valence-corrected chi connectivity index (χ2v) is 8.37. The van der Waals surface area contributed by atoms with Gasteiger partial charge in [0.2, 0.25) is 0 Å². The quantitative estimate of drug-likeness (QED) is 0.865. The number of likely N-dealkylation sites (N-methyl/N-ethyl adjacent to an activating group) is 1. The maximum atomic E-state index is 12.3. The number of nitrogens with one attached hydrogen (secondary N) is 1. The van der Waals surface area contributed by atoms with Crippen molar-refractivity contribution in [3.8, 4) is 0 Å². The Morgan fingerprint density at radius 3 is 2.58 bits per heavy atom. The van der Waals surface area contributed by atoms with E-state index in [1.54, 1.807) is 0 Å². The van der Waals surface area contributed by atoms with Crippen molar-refractivity contribution in [1.29, 1.82) is 0 Å². The minimum Gasteiger partial charge on any atom is -0.350 e. The van der Waals surface area contributed by atoms with Crippen LogP contribution in [-0.4, -0.2) is 86.1 Å². The van der Waals surface area contributed by atoms with Crippen LogP contribution in [0.2, 0.25) is 0 Å². The summed E-state index contributed by atoms with van der Waals surface area (Å²) in [6.07, 6.45) is 2.58. The number of benzene rings is 1. The summed E-state index contributed by atoms with van der Waals surface area (Å²) < 4.78 is 0. The number of carbonyl (C=O) groups is 1. The molecule has 142 valence electrons. The van der Waals surface area contributed by atoms with Crippen molar-refractivity contribution in [3.05, 3.63) is 35.9 Å². The maximum absolute atomic E-state index is 12.3. The van der Waals surface area contributed by atoms with E-state index in [2.05, 4.69) is 27.1 Å². The average Bonchev–Trinajstić information content (AvgIpc) is 2.69. The molecule has 2 bridgehead atoms. The first-order valence-electron chi connectivity index (χ1n) is 10.2. The van der Waals surface area contributed by atoms with Crippen molar-refractivity contribution >= 4 is 5.91 Å². The van der Waals surface area contributed by atoms with Crippen molar-refractivity contribution in [2.24, 2.45) is 11.8 Å². The summed E-state index contributed by atoms with van der Waals surface area (Å²) in [5.41, 5.74) is 0.761. The van der Waals surface area contributed by atoms with E-state index < -0.39 is 0 Å². The lowest BCUT2D eigenvalue weighted by atomic mass is 9.75. The number of carbonyl (C=O) groups excluding carboxylic acids is 1. The molecule has 1 amide bonds. The van der Waals surface area contributed by atoms with Crippen LogP contribution in [0.15, 0.2) is 30.3 Å². The lowest BCUT2D eigenvalue weighted by Gasteiger charge is -2.51. The number of piperidine rings is 3. The predicted molar refractivity (Wildman–Crippen MR) is 104 cm³/mol. The van der Waals surface area contributed by atoms with E-state index in [0.29, 0.717) is 6.04 Å². The summed E-state index contributed by atoms with van der Waals surface area (Å²) in [7, 11) is 2.22. The Balaban J connectivity index is 1.26. The number of nitrogens with zero attached hydrogens (tertiary/aromatic N) is 3. The van der Waals surface area contributed by atoms with E-state index in [-0.39, 0.29) is 5.91 Å². The molecule has 4 heterocycles. The molecule has 5 heteroatoms. The molecule has 1 aromatic rings. The van der Waals surface area contributed by atoms with E-state index in [4.69, 9.17) is 0 Å². The Hall–Kier alpha value is -1.43. The second kappa shape index (κ2) is 8.07. The Morgan fingerprint density at radius 1 is 1.12 bits per heavy atom. The lowest BCUT2D eigenvalue weighted by Crippen LogP contribution is -2.59. The van der Waals surface area contributed by atoms with E-state index in [0.717, 1.165) is 23.9 Å². The second-order valence-electron chi connectivity index (χ2n) is 8.37. The summed E-state index contributed by atoms with van der Waals surface area (Å²) in [5, 5.41) is 3.16. The van der Waals surface area contributed by atoms with E-state index >= 15 is 0 Å². The van der Waals surface area contributed by atoms with Crippen LogP contribution in [0.4, 0.5) is 0 Å². The first-order valence-corrected chi connectivity index (χ1v) is 10.2. The van der Waals surface area contributed by atoms with Crippen molar-refractivity contribution in [1.82, 2.24) is 20.0 Å². The lowest BCUT2D eigenvalue weighted by molar-refractivity contribution is -0.0160. The summed E-state index contributed by atoms with van der Waals surface area (Å²) in [6, 6.07) is 10.1. The molecule has 4 saturated heterocycles. The van der Waals surface area contributed by atoms with Gasteiger partial charge in [0, 0.05) is 57.4 Å². The topological polar surface area (TPSA) is 38.8 Å². The zero-order valence-electron chi connectivity index (χ0n) is 15.9. The SMILES string of the molecule is CN1CCN(CC2CN3CCC2CC3CNC(=O)c2ccccc2)CC1. The summed E-state index contributed by atoms with van der Waals surface area (Å²) in [5.74, 6) is 1.70. The number of rotatable bonds is 5. The van der Waals surface area contributed by atoms with Gasteiger partial charge >= 0.3 is 0 Å². The van der Waals surface area contributed by atoms with Gasteiger partial charge in [-0.2, -0.15) is 0 Å². The Morgan fingerprint density at radius 2 is 1.88 bits per heavy atom. The summed E-state index contributed by atoms with van der Waals surface area (Å²) >= 11 is 0. The van der Waals surface area contributed by atoms with Crippen LogP contribution in [0.25, 0.3) is 0 Å². The molecule has 4 unspecified atom stereocenters. The third-order valence-electron chi connectivity index (χ3n) is 6.64. The van der Waals surface area contributed by atoms with Crippen LogP contribution < -0.4 is 5.32 Å².